The molecule has 4 rings (SSSR count). The minimum absolute atomic E-state index is 0.0397. The largest absolute Gasteiger partial charge is 0.444 e. The number of hydrogen-bond acceptors (Lipinski definition) is 3. The molecule has 0 aromatic heterocycles. The molecular formula is C29H34N2O2. The van der Waals surface area contributed by atoms with Gasteiger partial charge in [-0.1, -0.05) is 91.0 Å². The van der Waals surface area contributed by atoms with Gasteiger partial charge in [-0.15, -0.1) is 0 Å². The van der Waals surface area contributed by atoms with E-state index in [1.165, 1.54) is 16.7 Å². The highest BCUT2D eigenvalue weighted by atomic mass is 16.6. The second-order valence-corrected chi connectivity index (χ2v) is 9.76. The van der Waals surface area contributed by atoms with Crippen LogP contribution in [0.1, 0.15) is 43.4 Å². The third-order valence-electron chi connectivity index (χ3n) is 6.08. The Balaban J connectivity index is 1.70. The fourth-order valence-corrected chi connectivity index (χ4v) is 4.64. The summed E-state index contributed by atoms with van der Waals surface area (Å²) < 4.78 is 5.85. The summed E-state index contributed by atoms with van der Waals surface area (Å²) in [6.07, 6.45) is -0.233. The number of carbonyl (C=O) groups excluding carboxylic acids is 1. The number of hydrogen-bond donors (Lipinski definition) is 0. The van der Waals surface area contributed by atoms with Gasteiger partial charge in [-0.3, -0.25) is 4.90 Å². The monoisotopic (exact) mass is 442 g/mol. The van der Waals surface area contributed by atoms with Gasteiger partial charge in [0.2, 0.25) is 0 Å². The summed E-state index contributed by atoms with van der Waals surface area (Å²) in [7, 11) is 0. The van der Waals surface area contributed by atoms with Crippen LogP contribution in [0.15, 0.2) is 91.0 Å². The van der Waals surface area contributed by atoms with Gasteiger partial charge in [0.15, 0.2) is 0 Å². The highest BCUT2D eigenvalue weighted by molar-refractivity contribution is 5.69. The van der Waals surface area contributed by atoms with E-state index in [-0.39, 0.29) is 18.1 Å². The molecule has 0 unspecified atom stereocenters. The van der Waals surface area contributed by atoms with E-state index in [1.807, 2.05) is 43.9 Å². The number of ether oxygens (including phenoxy) is 1. The van der Waals surface area contributed by atoms with Crippen LogP contribution in [0.3, 0.4) is 0 Å². The smallest absolute Gasteiger partial charge is 0.410 e. The molecule has 33 heavy (non-hydrogen) atoms. The van der Waals surface area contributed by atoms with Crippen LogP contribution in [0.5, 0.6) is 0 Å². The molecule has 0 aliphatic carbocycles. The molecular weight excluding hydrogens is 408 g/mol. The number of nitrogens with zero attached hydrogens (tertiary/aromatic N) is 2. The first kappa shape index (κ1) is 23.1. The van der Waals surface area contributed by atoms with Gasteiger partial charge in [-0.2, -0.15) is 0 Å². The average molecular weight is 443 g/mol. The molecule has 0 spiro atoms. The molecule has 1 atom stereocenters. The minimum atomic E-state index is -0.530. The second-order valence-electron chi connectivity index (χ2n) is 9.76. The standard InChI is InChI=1S/C29H34N2O2/c1-29(2,3)33-28(32)31-20-19-30(21-23-13-7-4-8-14-23)22-26(31)27(24-15-9-5-10-16-24)25-17-11-6-12-18-25/h4-18,26-27H,19-22H2,1-3H3/t26-/m0/s1. The molecule has 0 radical (unpaired) electrons. The molecule has 172 valence electrons. The van der Waals surface area contributed by atoms with Crippen molar-refractivity contribution in [1.29, 1.82) is 0 Å². The van der Waals surface area contributed by atoms with Crippen molar-refractivity contribution in [3.63, 3.8) is 0 Å². The van der Waals surface area contributed by atoms with Gasteiger partial charge in [0.25, 0.3) is 0 Å². The molecule has 1 aliphatic heterocycles. The summed E-state index contributed by atoms with van der Waals surface area (Å²) >= 11 is 0. The second kappa shape index (κ2) is 10.2. The van der Waals surface area contributed by atoms with Crippen molar-refractivity contribution in [3.05, 3.63) is 108 Å². The van der Waals surface area contributed by atoms with E-state index in [0.717, 1.165) is 19.6 Å². The van der Waals surface area contributed by atoms with Crippen LogP contribution in [-0.4, -0.2) is 47.2 Å². The predicted octanol–water partition coefficient (Wildman–Crippen LogP) is 5.94. The first-order chi connectivity index (χ1) is 15.9. The van der Waals surface area contributed by atoms with Gasteiger partial charge in [0, 0.05) is 32.1 Å². The number of amides is 1. The van der Waals surface area contributed by atoms with Crippen LogP contribution >= 0.6 is 0 Å². The lowest BCUT2D eigenvalue weighted by Crippen LogP contribution is -2.58. The fourth-order valence-electron chi connectivity index (χ4n) is 4.64. The Morgan fingerprint density at radius 3 is 1.88 bits per heavy atom. The summed E-state index contributed by atoms with van der Waals surface area (Å²) in [5.74, 6) is 0.0542. The maximum Gasteiger partial charge on any atom is 0.410 e. The highest BCUT2D eigenvalue weighted by Gasteiger charge is 2.39. The topological polar surface area (TPSA) is 32.8 Å². The van der Waals surface area contributed by atoms with Gasteiger partial charge in [0.1, 0.15) is 5.60 Å². The Bertz CT molecular complexity index is 976. The van der Waals surface area contributed by atoms with E-state index in [9.17, 15) is 4.79 Å². The summed E-state index contributed by atoms with van der Waals surface area (Å²) in [5.41, 5.74) is 3.18. The first-order valence-electron chi connectivity index (χ1n) is 11.8. The molecule has 1 fully saturated rings. The molecule has 1 saturated heterocycles. The Hall–Kier alpha value is -3.11. The number of benzene rings is 3. The van der Waals surface area contributed by atoms with Gasteiger partial charge in [0.05, 0.1) is 6.04 Å². The lowest BCUT2D eigenvalue weighted by molar-refractivity contribution is -0.00511. The molecule has 4 nitrogen and oxygen atoms in total. The predicted molar refractivity (Wildman–Crippen MR) is 133 cm³/mol. The van der Waals surface area contributed by atoms with Crippen molar-refractivity contribution in [2.75, 3.05) is 19.6 Å². The Kier molecular flexibility index (Phi) is 7.14. The molecule has 1 aliphatic rings. The lowest BCUT2D eigenvalue weighted by atomic mass is 9.83. The molecule has 1 amide bonds. The Labute approximate surface area is 197 Å². The zero-order valence-corrected chi connectivity index (χ0v) is 19.9. The number of carbonyl (C=O) groups is 1. The van der Waals surface area contributed by atoms with Crippen molar-refractivity contribution in [3.8, 4) is 0 Å². The summed E-state index contributed by atoms with van der Waals surface area (Å²) in [4.78, 5) is 17.8. The molecule has 0 saturated carbocycles. The third-order valence-corrected chi connectivity index (χ3v) is 6.08. The number of rotatable bonds is 5. The summed E-state index contributed by atoms with van der Waals surface area (Å²) in [6.45, 7) is 8.90. The molecule has 4 heteroatoms. The van der Waals surface area contributed by atoms with Crippen LogP contribution in [0.25, 0.3) is 0 Å². The van der Waals surface area contributed by atoms with Gasteiger partial charge >= 0.3 is 6.09 Å². The first-order valence-corrected chi connectivity index (χ1v) is 11.8. The molecule has 1 heterocycles. The van der Waals surface area contributed by atoms with E-state index in [4.69, 9.17) is 4.74 Å². The summed E-state index contributed by atoms with van der Waals surface area (Å²) in [6, 6.07) is 31.6. The van der Waals surface area contributed by atoms with Crippen LogP contribution < -0.4 is 0 Å². The van der Waals surface area contributed by atoms with Gasteiger partial charge in [-0.25, -0.2) is 4.79 Å². The van der Waals surface area contributed by atoms with E-state index in [1.54, 1.807) is 0 Å². The van der Waals surface area contributed by atoms with Crippen molar-refractivity contribution in [2.45, 2.75) is 44.9 Å². The molecule has 3 aromatic rings. The zero-order valence-electron chi connectivity index (χ0n) is 19.9. The van der Waals surface area contributed by atoms with Crippen molar-refractivity contribution in [2.24, 2.45) is 0 Å². The van der Waals surface area contributed by atoms with Gasteiger partial charge < -0.3 is 9.64 Å². The Morgan fingerprint density at radius 1 is 0.848 bits per heavy atom. The van der Waals surface area contributed by atoms with E-state index in [2.05, 4.69) is 77.7 Å². The summed E-state index contributed by atoms with van der Waals surface area (Å²) in [5, 5.41) is 0. The number of piperazine rings is 1. The van der Waals surface area contributed by atoms with Crippen LogP contribution in [-0.2, 0) is 11.3 Å². The van der Waals surface area contributed by atoms with Crippen molar-refractivity contribution in [1.82, 2.24) is 9.80 Å². The van der Waals surface area contributed by atoms with Gasteiger partial charge in [-0.05, 0) is 37.5 Å². The highest BCUT2D eigenvalue weighted by Crippen LogP contribution is 2.34. The SMILES string of the molecule is CC(C)(C)OC(=O)N1CCN(Cc2ccccc2)C[C@H]1C(c1ccccc1)c1ccccc1. The molecule has 0 bridgehead atoms. The zero-order chi connectivity index (χ0) is 23.3. The van der Waals surface area contributed by atoms with E-state index in [0.29, 0.717) is 6.54 Å². The van der Waals surface area contributed by atoms with E-state index >= 15 is 0 Å². The Morgan fingerprint density at radius 2 is 1.36 bits per heavy atom. The average Bonchev–Trinajstić information content (AvgIpc) is 2.80. The fraction of sp³-hybridized carbons (Fsp3) is 0.345. The molecule has 0 N–H and O–H groups in total. The lowest BCUT2D eigenvalue weighted by Gasteiger charge is -2.45. The maximum atomic E-state index is 13.3. The van der Waals surface area contributed by atoms with Crippen LogP contribution in [0.4, 0.5) is 4.79 Å². The third kappa shape index (κ3) is 6.02. The van der Waals surface area contributed by atoms with Crippen molar-refractivity contribution < 1.29 is 9.53 Å². The maximum absolute atomic E-state index is 13.3. The quantitative estimate of drug-likeness (QED) is 0.490. The van der Waals surface area contributed by atoms with E-state index < -0.39 is 5.60 Å². The normalized spacial score (nSPS) is 17.2. The minimum Gasteiger partial charge on any atom is -0.444 e. The van der Waals surface area contributed by atoms with Crippen molar-refractivity contribution >= 4 is 6.09 Å². The van der Waals surface area contributed by atoms with Crippen LogP contribution in [0, 0.1) is 0 Å². The molecule has 3 aromatic carbocycles. The van der Waals surface area contributed by atoms with Crippen LogP contribution in [0.2, 0.25) is 0 Å².